The van der Waals surface area contributed by atoms with Crippen LogP contribution in [0, 0.1) is 11.7 Å². The molecule has 0 spiro atoms. The third-order valence-electron chi connectivity index (χ3n) is 2.07. The lowest BCUT2D eigenvalue weighted by atomic mass is 10.2. The molecule has 0 saturated heterocycles. The molecule has 0 amide bonds. The number of halogens is 2. The third-order valence-corrected chi connectivity index (χ3v) is 2.56. The first-order valence-electron chi connectivity index (χ1n) is 6.16. The van der Waals surface area contributed by atoms with E-state index in [1.165, 1.54) is 19.1 Å². The van der Waals surface area contributed by atoms with Gasteiger partial charge in [0.15, 0.2) is 5.92 Å². The molecule has 1 rings (SSSR count). The number of esters is 2. The lowest BCUT2D eigenvalue weighted by Crippen LogP contribution is -2.25. The van der Waals surface area contributed by atoms with Gasteiger partial charge in [-0.1, -0.05) is 22.0 Å². The van der Waals surface area contributed by atoms with Gasteiger partial charge < -0.3 is 9.47 Å². The van der Waals surface area contributed by atoms with Crippen LogP contribution in [0.5, 0.6) is 0 Å². The summed E-state index contributed by atoms with van der Waals surface area (Å²) >= 11 is 3.12. The van der Waals surface area contributed by atoms with Crippen LogP contribution in [0.4, 0.5) is 4.39 Å². The monoisotopic (exact) mass is 348 g/mol. The fourth-order valence-electron chi connectivity index (χ4n) is 1.09. The van der Waals surface area contributed by atoms with E-state index >= 15 is 0 Å². The fourth-order valence-corrected chi connectivity index (χ4v) is 1.46. The van der Waals surface area contributed by atoms with Crippen molar-refractivity contribution < 1.29 is 23.5 Å². The first-order chi connectivity index (χ1) is 9.42. The highest BCUT2D eigenvalue weighted by Crippen LogP contribution is 2.09. The van der Waals surface area contributed by atoms with Gasteiger partial charge in [-0.15, -0.1) is 0 Å². The van der Waals surface area contributed by atoms with Gasteiger partial charge in [-0.25, -0.2) is 4.39 Å². The Balaban J connectivity index is 0.000000388. The molecule has 0 N–H and O–H groups in total. The van der Waals surface area contributed by atoms with Crippen LogP contribution in [0.2, 0.25) is 0 Å². The summed E-state index contributed by atoms with van der Waals surface area (Å²) in [7, 11) is 0. The predicted molar refractivity (Wildman–Crippen MR) is 76.5 cm³/mol. The second-order valence-corrected chi connectivity index (χ2v) is 4.58. The summed E-state index contributed by atoms with van der Waals surface area (Å²) in [5.74, 6) is -2.09. The zero-order valence-electron chi connectivity index (χ0n) is 11.7. The van der Waals surface area contributed by atoms with Gasteiger partial charge in [0.25, 0.3) is 0 Å². The van der Waals surface area contributed by atoms with E-state index in [0.29, 0.717) is 0 Å². The fraction of sp³-hybridized carbons (Fsp3) is 0.429. The molecule has 0 heterocycles. The Morgan fingerprint density at radius 3 is 2.00 bits per heavy atom. The molecular weight excluding hydrogens is 331 g/mol. The number of carbonyl (C=O) groups excluding carboxylic acids is 2. The van der Waals surface area contributed by atoms with E-state index in [0.717, 1.165) is 4.47 Å². The first kappa shape index (κ1) is 18.6. The number of ether oxygens (including phenoxy) is 2. The van der Waals surface area contributed by atoms with Crippen molar-refractivity contribution in [2.24, 2.45) is 5.92 Å². The molecule has 0 radical (unpaired) electrons. The van der Waals surface area contributed by atoms with Gasteiger partial charge >= 0.3 is 11.9 Å². The Morgan fingerprint density at radius 1 is 1.20 bits per heavy atom. The molecule has 1 aromatic carbocycles. The molecule has 112 valence electrons. The van der Waals surface area contributed by atoms with E-state index < -0.39 is 17.9 Å². The SMILES string of the molecule is CCOC(=O)C(C)C(=O)OCC.Fc1cccc(Br)c1. The average molecular weight is 349 g/mol. The lowest BCUT2D eigenvalue weighted by molar-refractivity contribution is -0.160. The van der Waals surface area contributed by atoms with E-state index in [4.69, 9.17) is 0 Å². The molecule has 0 aromatic heterocycles. The zero-order chi connectivity index (χ0) is 15.5. The van der Waals surface area contributed by atoms with Crippen molar-refractivity contribution in [2.45, 2.75) is 20.8 Å². The minimum absolute atomic E-state index is 0.209. The Labute approximate surface area is 126 Å². The van der Waals surface area contributed by atoms with Crippen LogP contribution in [-0.4, -0.2) is 25.2 Å². The Kier molecular flexibility index (Phi) is 9.63. The van der Waals surface area contributed by atoms with Crippen LogP contribution < -0.4 is 0 Å². The molecule has 20 heavy (non-hydrogen) atoms. The number of rotatable bonds is 4. The second kappa shape index (κ2) is 10.4. The molecule has 0 aliphatic rings. The predicted octanol–water partition coefficient (Wildman–Crippen LogP) is 3.34. The van der Waals surface area contributed by atoms with E-state index in [1.54, 1.807) is 26.0 Å². The lowest BCUT2D eigenvalue weighted by Gasteiger charge is -2.08. The normalized spacial score (nSPS) is 9.50. The van der Waals surface area contributed by atoms with E-state index in [9.17, 15) is 14.0 Å². The molecule has 0 atom stereocenters. The Hall–Kier alpha value is -1.43. The summed E-state index contributed by atoms with van der Waals surface area (Å²) in [6, 6.07) is 6.26. The number of carbonyl (C=O) groups is 2. The van der Waals surface area contributed by atoms with Gasteiger partial charge in [0, 0.05) is 4.47 Å². The topological polar surface area (TPSA) is 52.6 Å². The molecule has 1 aromatic rings. The highest BCUT2D eigenvalue weighted by Gasteiger charge is 2.23. The molecule has 0 aliphatic carbocycles. The van der Waals surface area contributed by atoms with Crippen LogP contribution in [0.15, 0.2) is 28.7 Å². The van der Waals surface area contributed by atoms with E-state index in [2.05, 4.69) is 25.4 Å². The summed E-state index contributed by atoms with van der Waals surface area (Å²) in [5, 5.41) is 0. The highest BCUT2D eigenvalue weighted by atomic mass is 79.9. The molecule has 4 nitrogen and oxygen atoms in total. The van der Waals surface area contributed by atoms with Gasteiger partial charge in [0.05, 0.1) is 13.2 Å². The van der Waals surface area contributed by atoms with Crippen LogP contribution in [-0.2, 0) is 19.1 Å². The first-order valence-corrected chi connectivity index (χ1v) is 6.96. The van der Waals surface area contributed by atoms with Crippen LogP contribution in [0.1, 0.15) is 20.8 Å². The molecule has 0 bridgehead atoms. The van der Waals surface area contributed by atoms with Crippen molar-refractivity contribution in [3.05, 3.63) is 34.6 Å². The largest absolute Gasteiger partial charge is 0.465 e. The highest BCUT2D eigenvalue weighted by molar-refractivity contribution is 9.10. The van der Waals surface area contributed by atoms with Crippen LogP contribution in [0.25, 0.3) is 0 Å². The molecule has 6 heteroatoms. The molecule has 0 saturated carbocycles. The summed E-state index contributed by atoms with van der Waals surface area (Å²) in [4.78, 5) is 21.9. The smallest absolute Gasteiger partial charge is 0.320 e. The summed E-state index contributed by atoms with van der Waals surface area (Å²) < 4.78 is 22.2. The van der Waals surface area contributed by atoms with Crippen molar-refractivity contribution in [3.8, 4) is 0 Å². The maximum Gasteiger partial charge on any atom is 0.320 e. The summed E-state index contributed by atoms with van der Waals surface area (Å²) in [5.41, 5.74) is 0. The van der Waals surface area contributed by atoms with Gasteiger partial charge in [-0.05, 0) is 39.0 Å². The molecular formula is C14H18BrFO4. The van der Waals surface area contributed by atoms with Crippen molar-refractivity contribution in [1.29, 1.82) is 0 Å². The minimum Gasteiger partial charge on any atom is -0.465 e. The van der Waals surface area contributed by atoms with Gasteiger partial charge in [-0.2, -0.15) is 0 Å². The molecule has 0 fully saturated rings. The number of hydrogen-bond acceptors (Lipinski definition) is 4. The standard InChI is InChI=1S/C8H14O4.C6H4BrF/c1-4-11-7(9)6(3)8(10)12-5-2;7-5-2-1-3-6(8)4-5/h6H,4-5H2,1-3H3;1-4H. The molecule has 0 unspecified atom stereocenters. The number of benzene rings is 1. The summed E-state index contributed by atoms with van der Waals surface area (Å²) in [6.07, 6.45) is 0. The quantitative estimate of drug-likeness (QED) is 0.618. The van der Waals surface area contributed by atoms with E-state index in [-0.39, 0.29) is 19.0 Å². The average Bonchev–Trinajstić information content (AvgIpc) is 2.39. The van der Waals surface area contributed by atoms with Crippen molar-refractivity contribution in [1.82, 2.24) is 0 Å². The second-order valence-electron chi connectivity index (χ2n) is 3.67. The van der Waals surface area contributed by atoms with E-state index in [1.807, 2.05) is 0 Å². The van der Waals surface area contributed by atoms with Gasteiger partial charge in [0.1, 0.15) is 5.82 Å². The maximum absolute atomic E-state index is 12.1. The van der Waals surface area contributed by atoms with Gasteiger partial charge in [0.2, 0.25) is 0 Å². The van der Waals surface area contributed by atoms with Crippen molar-refractivity contribution >= 4 is 27.9 Å². The van der Waals surface area contributed by atoms with Crippen LogP contribution in [0.3, 0.4) is 0 Å². The minimum atomic E-state index is -0.815. The summed E-state index contributed by atoms with van der Waals surface area (Å²) in [6.45, 7) is 5.41. The molecule has 0 aliphatic heterocycles. The van der Waals surface area contributed by atoms with Crippen molar-refractivity contribution in [3.63, 3.8) is 0 Å². The van der Waals surface area contributed by atoms with Crippen LogP contribution >= 0.6 is 15.9 Å². The third kappa shape index (κ3) is 7.89. The maximum atomic E-state index is 12.1. The Bertz CT molecular complexity index is 402. The zero-order valence-corrected chi connectivity index (χ0v) is 13.3. The van der Waals surface area contributed by atoms with Crippen molar-refractivity contribution in [2.75, 3.05) is 13.2 Å². The number of hydrogen-bond donors (Lipinski definition) is 0. The van der Waals surface area contributed by atoms with Gasteiger partial charge in [-0.3, -0.25) is 9.59 Å². The Morgan fingerprint density at radius 2 is 1.70 bits per heavy atom.